The first kappa shape index (κ1) is 23.0. The van der Waals surface area contributed by atoms with Crippen LogP contribution in [-0.4, -0.2) is 45.1 Å². The Hall–Kier alpha value is -2.64. The molecule has 0 aliphatic carbocycles. The summed E-state index contributed by atoms with van der Waals surface area (Å²) in [4.78, 5) is 15.0. The van der Waals surface area contributed by atoms with Crippen molar-refractivity contribution in [1.29, 1.82) is 0 Å². The van der Waals surface area contributed by atoms with Crippen LogP contribution in [0.4, 0.5) is 5.69 Å². The lowest BCUT2D eigenvalue weighted by Gasteiger charge is -2.26. The highest BCUT2D eigenvalue weighted by Gasteiger charge is 2.16. The van der Waals surface area contributed by atoms with Crippen molar-refractivity contribution in [2.24, 2.45) is 0 Å². The summed E-state index contributed by atoms with van der Waals surface area (Å²) in [5, 5.41) is 2.95. The monoisotopic (exact) mass is 441 g/mol. The van der Waals surface area contributed by atoms with Gasteiger partial charge in [0.2, 0.25) is 10.0 Å². The molecule has 3 rings (SSSR count). The average Bonchev–Trinajstić information content (AvgIpc) is 2.76. The molecule has 0 atom stereocenters. The summed E-state index contributed by atoms with van der Waals surface area (Å²) in [5.74, 6) is -0.192. The number of hydrogen-bond acceptors (Lipinski definition) is 4. The molecule has 1 fully saturated rings. The molecule has 1 amide bonds. The van der Waals surface area contributed by atoms with Crippen LogP contribution in [-0.2, 0) is 23.1 Å². The highest BCUT2D eigenvalue weighted by molar-refractivity contribution is 7.92. The van der Waals surface area contributed by atoms with Crippen LogP contribution in [0.2, 0.25) is 0 Å². The minimum absolute atomic E-state index is 0.179. The number of hydrogen-bond donors (Lipinski definition) is 1. The first-order chi connectivity index (χ1) is 14.9. The minimum Gasteiger partial charge on any atom is -0.348 e. The summed E-state index contributed by atoms with van der Waals surface area (Å²) in [6, 6.07) is 14.9. The molecule has 2 aromatic carbocycles. The maximum Gasteiger partial charge on any atom is 0.251 e. The summed E-state index contributed by atoms with van der Waals surface area (Å²) in [7, 11) is -3.42. The molecule has 1 saturated heterocycles. The SMILES string of the molecule is C=CCN(c1ccc(C(=O)NCc2cccc(CN3CCCCC3)c2)cc1)S(C)(=O)=O. The molecule has 0 radical (unpaired) electrons. The van der Waals surface area contributed by atoms with Crippen molar-refractivity contribution in [2.45, 2.75) is 32.4 Å². The standard InChI is InChI=1S/C24H31N3O3S/c1-3-14-27(31(2,29)30)23-12-10-22(11-13-23)24(28)25-18-20-8-7-9-21(17-20)19-26-15-5-4-6-16-26/h3,7-13,17H,1,4-6,14-16,18-19H2,2H3,(H,25,28). The van der Waals surface area contributed by atoms with Crippen LogP contribution in [0.15, 0.2) is 61.2 Å². The number of carbonyl (C=O) groups excluding carboxylic acids is 1. The molecule has 0 spiro atoms. The van der Waals surface area contributed by atoms with Crippen LogP contribution in [0.25, 0.3) is 0 Å². The van der Waals surface area contributed by atoms with Gasteiger partial charge in [-0.15, -0.1) is 6.58 Å². The Morgan fingerprint density at radius 2 is 1.77 bits per heavy atom. The van der Waals surface area contributed by atoms with Crippen molar-refractivity contribution < 1.29 is 13.2 Å². The highest BCUT2D eigenvalue weighted by atomic mass is 32.2. The van der Waals surface area contributed by atoms with E-state index < -0.39 is 10.0 Å². The number of piperidine rings is 1. The second kappa shape index (κ2) is 10.6. The van der Waals surface area contributed by atoms with Crippen molar-refractivity contribution in [2.75, 3.05) is 30.2 Å². The fraction of sp³-hybridized carbons (Fsp3) is 0.375. The van der Waals surface area contributed by atoms with E-state index in [4.69, 9.17) is 0 Å². The summed E-state index contributed by atoms with van der Waals surface area (Å²) < 4.78 is 25.1. The van der Waals surface area contributed by atoms with E-state index in [2.05, 4.69) is 28.9 Å². The first-order valence-electron chi connectivity index (χ1n) is 10.6. The van der Waals surface area contributed by atoms with Gasteiger partial charge in [-0.05, 0) is 61.3 Å². The molecular formula is C24H31N3O3S. The number of anilines is 1. The number of nitrogens with one attached hydrogen (secondary N) is 1. The molecule has 1 N–H and O–H groups in total. The molecule has 0 unspecified atom stereocenters. The van der Waals surface area contributed by atoms with Crippen LogP contribution >= 0.6 is 0 Å². The molecule has 7 heteroatoms. The summed E-state index contributed by atoms with van der Waals surface area (Å²) in [6.45, 7) is 7.48. The van der Waals surface area contributed by atoms with Crippen molar-refractivity contribution >= 4 is 21.6 Å². The summed E-state index contributed by atoms with van der Waals surface area (Å²) in [6.07, 6.45) is 6.54. The van der Waals surface area contributed by atoms with Crippen molar-refractivity contribution in [3.63, 3.8) is 0 Å². The Kier molecular flexibility index (Phi) is 7.87. The molecule has 1 heterocycles. The molecule has 2 aromatic rings. The predicted octanol–water partition coefficient (Wildman–Crippen LogP) is 3.55. The number of rotatable bonds is 9. The second-order valence-corrected chi connectivity index (χ2v) is 9.88. The van der Waals surface area contributed by atoms with Gasteiger partial charge in [0.25, 0.3) is 5.91 Å². The Morgan fingerprint density at radius 3 is 2.42 bits per heavy atom. The highest BCUT2D eigenvalue weighted by Crippen LogP contribution is 2.19. The zero-order valence-corrected chi connectivity index (χ0v) is 18.9. The third-order valence-electron chi connectivity index (χ3n) is 5.41. The first-order valence-corrected chi connectivity index (χ1v) is 12.5. The second-order valence-electron chi connectivity index (χ2n) is 7.97. The normalized spacial score (nSPS) is 14.7. The van der Waals surface area contributed by atoms with Gasteiger partial charge in [0.05, 0.1) is 18.5 Å². The molecular weight excluding hydrogens is 410 g/mol. The quantitative estimate of drug-likeness (QED) is 0.604. The molecule has 1 aliphatic heterocycles. The molecule has 31 heavy (non-hydrogen) atoms. The Labute approximate surface area is 185 Å². The van der Waals surface area contributed by atoms with Gasteiger partial charge in [0.15, 0.2) is 0 Å². The number of carbonyl (C=O) groups is 1. The van der Waals surface area contributed by atoms with Crippen LogP contribution < -0.4 is 9.62 Å². The van der Waals surface area contributed by atoms with Crippen molar-refractivity contribution in [3.8, 4) is 0 Å². The largest absolute Gasteiger partial charge is 0.348 e. The Bertz CT molecular complexity index is 997. The number of benzene rings is 2. The van der Waals surface area contributed by atoms with Gasteiger partial charge >= 0.3 is 0 Å². The Balaban J connectivity index is 1.59. The predicted molar refractivity (Wildman–Crippen MR) is 126 cm³/mol. The van der Waals surface area contributed by atoms with Crippen LogP contribution in [0.3, 0.4) is 0 Å². The van der Waals surface area contributed by atoms with E-state index in [0.717, 1.165) is 31.5 Å². The maximum atomic E-state index is 12.6. The number of amides is 1. The summed E-state index contributed by atoms with van der Waals surface area (Å²) in [5.41, 5.74) is 3.32. The number of nitrogens with zero attached hydrogens (tertiary/aromatic N) is 2. The topological polar surface area (TPSA) is 69.7 Å². The molecule has 0 saturated carbocycles. The smallest absolute Gasteiger partial charge is 0.251 e. The zero-order valence-electron chi connectivity index (χ0n) is 18.1. The average molecular weight is 442 g/mol. The van der Waals surface area contributed by atoms with Gasteiger partial charge in [-0.3, -0.25) is 14.0 Å². The zero-order chi connectivity index (χ0) is 22.3. The molecule has 6 nitrogen and oxygen atoms in total. The van der Waals surface area contributed by atoms with Crippen molar-refractivity contribution in [3.05, 3.63) is 77.9 Å². The van der Waals surface area contributed by atoms with E-state index in [1.807, 2.05) is 12.1 Å². The van der Waals surface area contributed by atoms with Gasteiger partial charge < -0.3 is 5.32 Å². The Morgan fingerprint density at radius 1 is 1.10 bits per heavy atom. The van der Waals surface area contributed by atoms with Gasteiger partial charge in [0, 0.05) is 18.7 Å². The van der Waals surface area contributed by atoms with E-state index in [9.17, 15) is 13.2 Å². The van der Waals surface area contributed by atoms with E-state index in [1.54, 1.807) is 24.3 Å². The van der Waals surface area contributed by atoms with Gasteiger partial charge in [-0.2, -0.15) is 0 Å². The molecule has 166 valence electrons. The third-order valence-corrected chi connectivity index (χ3v) is 6.57. The minimum atomic E-state index is -3.42. The lowest BCUT2D eigenvalue weighted by atomic mass is 10.1. The van der Waals surface area contributed by atoms with Gasteiger partial charge in [-0.25, -0.2) is 8.42 Å². The van der Waals surface area contributed by atoms with Crippen LogP contribution in [0.5, 0.6) is 0 Å². The number of likely N-dealkylation sites (tertiary alicyclic amines) is 1. The molecule has 1 aliphatic rings. The van der Waals surface area contributed by atoms with Gasteiger partial charge in [-0.1, -0.05) is 36.8 Å². The van der Waals surface area contributed by atoms with E-state index in [-0.39, 0.29) is 12.5 Å². The van der Waals surface area contributed by atoms with Gasteiger partial charge in [0.1, 0.15) is 0 Å². The lowest BCUT2D eigenvalue weighted by molar-refractivity contribution is 0.0951. The summed E-state index contributed by atoms with van der Waals surface area (Å²) >= 11 is 0. The number of sulfonamides is 1. The fourth-order valence-electron chi connectivity index (χ4n) is 3.83. The van der Waals surface area contributed by atoms with Crippen LogP contribution in [0.1, 0.15) is 40.7 Å². The maximum absolute atomic E-state index is 12.6. The van der Waals surface area contributed by atoms with E-state index >= 15 is 0 Å². The molecule has 0 bridgehead atoms. The lowest BCUT2D eigenvalue weighted by Crippen LogP contribution is -2.30. The van der Waals surface area contributed by atoms with E-state index in [0.29, 0.717) is 17.8 Å². The molecule has 0 aromatic heterocycles. The fourth-order valence-corrected chi connectivity index (χ4v) is 4.71. The van der Waals surface area contributed by atoms with Crippen molar-refractivity contribution in [1.82, 2.24) is 10.2 Å². The van der Waals surface area contributed by atoms with E-state index in [1.165, 1.54) is 35.2 Å². The van der Waals surface area contributed by atoms with Crippen LogP contribution in [0, 0.1) is 0 Å². The third kappa shape index (κ3) is 6.67.